The number of aliphatic hydroxyl groups is 1. The zero-order valence-electron chi connectivity index (χ0n) is 17.5. The summed E-state index contributed by atoms with van der Waals surface area (Å²) in [5.74, 6) is -1.15. The van der Waals surface area contributed by atoms with Crippen molar-refractivity contribution >= 4 is 17.2 Å². The summed E-state index contributed by atoms with van der Waals surface area (Å²) in [5, 5.41) is 19.9. The maximum Gasteiger partial charge on any atom is 0.233 e. The van der Waals surface area contributed by atoms with Gasteiger partial charge in [-0.1, -0.05) is 30.3 Å². The first-order valence-electron chi connectivity index (χ1n) is 10.4. The molecule has 32 heavy (non-hydrogen) atoms. The molecule has 1 aliphatic heterocycles. The highest BCUT2D eigenvalue weighted by atomic mass is 19.1. The molecular weight excluding hydrogens is 412 g/mol. The second-order valence-electron chi connectivity index (χ2n) is 7.91. The molecule has 1 amide bonds. The van der Waals surface area contributed by atoms with E-state index >= 15 is 0 Å². The molecule has 4 nitrogen and oxygen atoms in total. The lowest BCUT2D eigenvalue weighted by Crippen LogP contribution is -2.55. The largest absolute Gasteiger partial charge is 0.508 e. The van der Waals surface area contributed by atoms with Crippen molar-refractivity contribution in [2.75, 3.05) is 4.90 Å². The minimum atomic E-state index is -0.795. The topological polar surface area (TPSA) is 60.8 Å². The number of β-lactam (4-membered cyclic amide) rings is 1. The van der Waals surface area contributed by atoms with Crippen LogP contribution in [-0.2, 0) is 4.79 Å². The second kappa shape index (κ2) is 8.93. The van der Waals surface area contributed by atoms with E-state index in [1.54, 1.807) is 60.4 Å². The van der Waals surface area contributed by atoms with Crippen molar-refractivity contribution in [2.45, 2.75) is 25.5 Å². The number of hydrogen-bond acceptors (Lipinski definition) is 3. The number of carbonyl (C=O) groups excluding carboxylic acids is 1. The Labute approximate surface area is 185 Å². The van der Waals surface area contributed by atoms with Gasteiger partial charge in [-0.2, -0.15) is 0 Å². The van der Waals surface area contributed by atoms with Gasteiger partial charge in [0.25, 0.3) is 0 Å². The Morgan fingerprint density at radius 1 is 0.969 bits per heavy atom. The Bertz CT molecular complexity index is 1120. The van der Waals surface area contributed by atoms with Gasteiger partial charge in [-0.05, 0) is 78.6 Å². The van der Waals surface area contributed by atoms with Crippen LogP contribution in [-0.4, -0.2) is 22.2 Å². The summed E-state index contributed by atoms with van der Waals surface area (Å²) in [6, 6.07) is 17.9. The van der Waals surface area contributed by atoms with Crippen molar-refractivity contribution in [3.63, 3.8) is 0 Å². The van der Waals surface area contributed by atoms with Gasteiger partial charge in [-0.25, -0.2) is 8.78 Å². The molecule has 0 aromatic heterocycles. The Kier molecular flexibility index (Phi) is 6.06. The summed E-state index contributed by atoms with van der Waals surface area (Å²) in [5.41, 5.74) is 2.72. The first-order valence-corrected chi connectivity index (χ1v) is 10.4. The van der Waals surface area contributed by atoms with Gasteiger partial charge < -0.3 is 15.1 Å². The van der Waals surface area contributed by atoms with Gasteiger partial charge >= 0.3 is 0 Å². The van der Waals surface area contributed by atoms with Crippen LogP contribution >= 0.6 is 0 Å². The average molecular weight is 435 g/mol. The van der Waals surface area contributed by atoms with E-state index in [2.05, 4.69) is 0 Å². The molecule has 3 atom stereocenters. The van der Waals surface area contributed by atoms with Crippen molar-refractivity contribution in [1.29, 1.82) is 0 Å². The number of amides is 1. The van der Waals surface area contributed by atoms with Gasteiger partial charge in [0.2, 0.25) is 5.91 Å². The highest BCUT2D eigenvalue weighted by Crippen LogP contribution is 2.46. The number of anilines is 1. The first kappa shape index (κ1) is 21.7. The highest BCUT2D eigenvalue weighted by molar-refractivity contribution is 6.03. The maximum absolute atomic E-state index is 13.4. The molecule has 1 fully saturated rings. The number of carbonyl (C=O) groups is 1. The van der Waals surface area contributed by atoms with Crippen LogP contribution in [0.5, 0.6) is 5.75 Å². The van der Waals surface area contributed by atoms with E-state index in [4.69, 9.17) is 0 Å². The summed E-state index contributed by atoms with van der Waals surface area (Å²) < 4.78 is 26.7. The zero-order valence-corrected chi connectivity index (χ0v) is 17.5. The molecule has 4 rings (SSSR count). The molecule has 2 N–H and O–H groups in total. The van der Waals surface area contributed by atoms with Gasteiger partial charge in [0.15, 0.2) is 0 Å². The molecule has 1 unspecified atom stereocenters. The summed E-state index contributed by atoms with van der Waals surface area (Å²) >= 11 is 0. The van der Waals surface area contributed by atoms with E-state index in [1.807, 2.05) is 6.08 Å². The second-order valence-corrected chi connectivity index (χ2v) is 7.91. The fraction of sp³-hybridized carbons (Fsp3) is 0.192. The van der Waals surface area contributed by atoms with Gasteiger partial charge in [0.05, 0.1) is 18.1 Å². The lowest BCUT2D eigenvalue weighted by molar-refractivity contribution is -0.130. The molecule has 0 bridgehead atoms. The van der Waals surface area contributed by atoms with Crippen LogP contribution in [0.15, 0.2) is 78.9 Å². The first-order chi connectivity index (χ1) is 15.3. The van der Waals surface area contributed by atoms with Crippen molar-refractivity contribution in [2.24, 2.45) is 5.92 Å². The summed E-state index contributed by atoms with van der Waals surface area (Å²) in [4.78, 5) is 14.7. The van der Waals surface area contributed by atoms with E-state index in [9.17, 15) is 23.8 Å². The normalized spacial score (nSPS) is 19.6. The van der Waals surface area contributed by atoms with Crippen LogP contribution in [0.1, 0.15) is 30.5 Å². The van der Waals surface area contributed by atoms with Crippen LogP contribution in [0, 0.1) is 17.6 Å². The minimum absolute atomic E-state index is 0.116. The summed E-state index contributed by atoms with van der Waals surface area (Å²) in [6.07, 6.45) is 1.38. The number of rotatable bonds is 6. The van der Waals surface area contributed by atoms with Crippen LogP contribution in [0.2, 0.25) is 0 Å². The van der Waals surface area contributed by atoms with Crippen LogP contribution in [0.3, 0.4) is 0 Å². The molecule has 0 spiro atoms. The predicted octanol–water partition coefficient (Wildman–Crippen LogP) is 5.23. The molecule has 3 aromatic carbocycles. The van der Waals surface area contributed by atoms with Gasteiger partial charge in [-0.15, -0.1) is 0 Å². The van der Waals surface area contributed by atoms with E-state index < -0.39 is 12.0 Å². The van der Waals surface area contributed by atoms with Gasteiger partial charge in [-0.3, -0.25) is 4.79 Å². The number of phenolic OH excluding ortho intramolecular Hbond substituents is 1. The lowest BCUT2D eigenvalue weighted by Gasteiger charge is -2.47. The number of nitrogens with zero attached hydrogens (tertiary/aromatic N) is 1. The summed E-state index contributed by atoms with van der Waals surface area (Å²) in [7, 11) is 0. The number of aliphatic hydroxyl groups excluding tert-OH is 1. The minimum Gasteiger partial charge on any atom is -0.508 e. The van der Waals surface area contributed by atoms with Crippen molar-refractivity contribution < 1.29 is 23.8 Å². The molecule has 1 aliphatic rings. The van der Waals surface area contributed by atoms with E-state index in [0.717, 1.165) is 5.56 Å². The van der Waals surface area contributed by atoms with Crippen LogP contribution in [0.25, 0.3) is 5.57 Å². The quantitative estimate of drug-likeness (QED) is 0.522. The molecule has 0 saturated carbocycles. The standard InChI is InChI=1S/C26H23F2NO3/c1-16(30)23(17-2-6-19(27)7-3-17)14-15-24-25(18-4-12-22(31)13-5-18)29(26(24)32)21-10-8-20(28)9-11-21/h2-14,16,24-25,30-31H,15H2,1H3/t16?,24-,25-/m1/s1. The monoisotopic (exact) mass is 435 g/mol. The lowest BCUT2D eigenvalue weighted by atomic mass is 9.79. The molecule has 1 heterocycles. The Balaban J connectivity index is 1.66. The molecule has 3 aromatic rings. The Hall–Kier alpha value is -3.51. The predicted molar refractivity (Wildman–Crippen MR) is 119 cm³/mol. The van der Waals surface area contributed by atoms with Crippen LogP contribution < -0.4 is 4.90 Å². The third-order valence-electron chi connectivity index (χ3n) is 5.77. The van der Waals surface area contributed by atoms with E-state index in [-0.39, 0.29) is 29.3 Å². The SMILES string of the molecule is CC(O)C(=CC[C@H]1C(=O)N(c2ccc(F)cc2)[C@@H]1c1ccc(O)cc1)c1ccc(F)cc1. The highest BCUT2D eigenvalue weighted by Gasteiger charge is 2.48. The molecule has 6 heteroatoms. The van der Waals surface area contributed by atoms with E-state index in [1.165, 1.54) is 24.3 Å². The molecule has 0 radical (unpaired) electrons. The average Bonchev–Trinajstić information content (AvgIpc) is 2.77. The van der Waals surface area contributed by atoms with Crippen molar-refractivity contribution in [3.05, 3.63) is 102 Å². The molecule has 1 saturated heterocycles. The number of aromatic hydroxyl groups is 1. The number of hydrogen-bond donors (Lipinski definition) is 2. The Morgan fingerprint density at radius 3 is 2.09 bits per heavy atom. The number of halogens is 2. The fourth-order valence-corrected chi connectivity index (χ4v) is 4.15. The zero-order chi connectivity index (χ0) is 22.8. The molecule has 164 valence electrons. The summed E-state index contributed by atoms with van der Waals surface area (Å²) in [6.45, 7) is 1.63. The van der Waals surface area contributed by atoms with Gasteiger partial charge in [0.1, 0.15) is 17.4 Å². The number of allylic oxidation sites excluding steroid dienone is 1. The Morgan fingerprint density at radius 2 is 1.53 bits per heavy atom. The van der Waals surface area contributed by atoms with E-state index in [0.29, 0.717) is 23.2 Å². The maximum atomic E-state index is 13.4. The number of benzene rings is 3. The molecule has 0 aliphatic carbocycles. The fourth-order valence-electron chi connectivity index (χ4n) is 4.15. The van der Waals surface area contributed by atoms with Crippen molar-refractivity contribution in [1.82, 2.24) is 0 Å². The number of phenols is 1. The van der Waals surface area contributed by atoms with Crippen molar-refractivity contribution in [3.8, 4) is 5.75 Å². The van der Waals surface area contributed by atoms with Gasteiger partial charge in [0, 0.05) is 5.69 Å². The van der Waals surface area contributed by atoms with Crippen LogP contribution in [0.4, 0.5) is 14.5 Å². The molecular formula is C26H23F2NO3. The smallest absolute Gasteiger partial charge is 0.233 e. The third kappa shape index (κ3) is 4.27. The third-order valence-corrected chi connectivity index (χ3v) is 5.77.